The standard InChI is InChI=1S/C24H30N6O4/c1-4-5-13-29(19(31)12-11-18-15(2)26-16(3)27-22(18)32)20-21(25)30(24(34)28-23(20)33)14-17-9-7-6-8-10-17/h6-10H,4-5,11-14,25H2,1-3H3,(H,26,27,32)(H,28,33,34). The topological polar surface area (TPSA) is 147 Å². The van der Waals surface area contributed by atoms with Gasteiger partial charge in [0.25, 0.3) is 11.1 Å². The van der Waals surface area contributed by atoms with E-state index in [1.807, 2.05) is 37.3 Å². The summed E-state index contributed by atoms with van der Waals surface area (Å²) in [5.41, 5.74) is 6.39. The van der Waals surface area contributed by atoms with Crippen molar-refractivity contribution in [2.75, 3.05) is 17.2 Å². The van der Waals surface area contributed by atoms with Gasteiger partial charge in [0.15, 0.2) is 5.69 Å². The minimum absolute atomic E-state index is 0.0188. The number of benzene rings is 1. The van der Waals surface area contributed by atoms with Crippen LogP contribution in [0.4, 0.5) is 11.5 Å². The van der Waals surface area contributed by atoms with Crippen LogP contribution in [0.5, 0.6) is 0 Å². The number of aryl methyl sites for hydroxylation is 2. The smallest absolute Gasteiger partial charge is 0.330 e. The van der Waals surface area contributed by atoms with E-state index in [0.717, 1.165) is 12.0 Å². The molecule has 3 aromatic rings. The van der Waals surface area contributed by atoms with Gasteiger partial charge < -0.3 is 15.6 Å². The second-order valence-corrected chi connectivity index (χ2v) is 8.18. The van der Waals surface area contributed by atoms with E-state index in [2.05, 4.69) is 15.0 Å². The first-order valence-corrected chi connectivity index (χ1v) is 11.3. The van der Waals surface area contributed by atoms with Crippen molar-refractivity contribution in [2.45, 2.75) is 53.0 Å². The molecule has 0 radical (unpaired) electrons. The van der Waals surface area contributed by atoms with E-state index in [4.69, 9.17) is 5.73 Å². The molecule has 2 aromatic heterocycles. The number of H-pyrrole nitrogens is 2. The summed E-state index contributed by atoms with van der Waals surface area (Å²) in [6.07, 6.45) is 1.56. The van der Waals surface area contributed by atoms with E-state index in [9.17, 15) is 19.2 Å². The molecule has 0 aliphatic heterocycles. The van der Waals surface area contributed by atoms with Crippen LogP contribution in [0.25, 0.3) is 0 Å². The highest BCUT2D eigenvalue weighted by molar-refractivity contribution is 5.95. The third-order valence-electron chi connectivity index (χ3n) is 5.63. The molecule has 0 unspecified atom stereocenters. The number of nitrogens with zero attached hydrogens (tertiary/aromatic N) is 3. The van der Waals surface area contributed by atoms with Gasteiger partial charge >= 0.3 is 5.69 Å². The number of nitrogen functional groups attached to an aromatic ring is 1. The Morgan fingerprint density at radius 1 is 1.09 bits per heavy atom. The van der Waals surface area contributed by atoms with Gasteiger partial charge in [-0.05, 0) is 32.3 Å². The summed E-state index contributed by atoms with van der Waals surface area (Å²) in [6, 6.07) is 9.21. The molecular formula is C24H30N6O4. The van der Waals surface area contributed by atoms with Gasteiger partial charge in [0.1, 0.15) is 11.6 Å². The molecule has 2 heterocycles. The number of nitrogens with one attached hydrogen (secondary N) is 2. The molecular weight excluding hydrogens is 436 g/mol. The van der Waals surface area contributed by atoms with Crippen LogP contribution in [-0.4, -0.2) is 32.0 Å². The molecule has 0 atom stereocenters. The molecule has 4 N–H and O–H groups in total. The Kier molecular flexibility index (Phi) is 7.83. The summed E-state index contributed by atoms with van der Waals surface area (Å²) in [4.78, 5) is 61.4. The average molecular weight is 467 g/mol. The number of anilines is 2. The van der Waals surface area contributed by atoms with Crippen LogP contribution >= 0.6 is 0 Å². The zero-order valence-electron chi connectivity index (χ0n) is 19.7. The lowest BCUT2D eigenvalue weighted by Gasteiger charge is -2.24. The highest BCUT2D eigenvalue weighted by Crippen LogP contribution is 2.20. The number of unbranched alkanes of at least 4 members (excludes halogenated alkanes) is 1. The van der Waals surface area contributed by atoms with E-state index in [0.29, 0.717) is 23.5 Å². The van der Waals surface area contributed by atoms with Gasteiger partial charge in [-0.15, -0.1) is 0 Å². The molecule has 0 bridgehead atoms. The highest BCUT2D eigenvalue weighted by Gasteiger charge is 2.24. The quantitative estimate of drug-likeness (QED) is 0.437. The molecule has 3 rings (SSSR count). The maximum absolute atomic E-state index is 13.3. The van der Waals surface area contributed by atoms with Crippen LogP contribution in [0, 0.1) is 13.8 Å². The molecule has 0 spiro atoms. The number of aromatic nitrogens is 4. The van der Waals surface area contributed by atoms with Crippen LogP contribution in [0.1, 0.15) is 48.8 Å². The maximum atomic E-state index is 13.3. The van der Waals surface area contributed by atoms with E-state index in [1.165, 1.54) is 9.47 Å². The van der Waals surface area contributed by atoms with Crippen molar-refractivity contribution >= 4 is 17.4 Å². The van der Waals surface area contributed by atoms with Crippen LogP contribution in [0.15, 0.2) is 44.7 Å². The number of hydrogen-bond donors (Lipinski definition) is 3. The summed E-state index contributed by atoms with van der Waals surface area (Å²) in [6.45, 7) is 5.78. The van der Waals surface area contributed by atoms with Crippen molar-refractivity contribution < 1.29 is 4.79 Å². The fourth-order valence-corrected chi connectivity index (χ4v) is 3.85. The van der Waals surface area contributed by atoms with E-state index >= 15 is 0 Å². The van der Waals surface area contributed by atoms with E-state index in [-0.39, 0.29) is 48.9 Å². The Bertz CT molecular complexity index is 1340. The lowest BCUT2D eigenvalue weighted by molar-refractivity contribution is -0.118. The van der Waals surface area contributed by atoms with Gasteiger partial charge in [0.2, 0.25) is 5.91 Å². The zero-order valence-corrected chi connectivity index (χ0v) is 19.7. The fraction of sp³-hybridized carbons (Fsp3) is 0.375. The number of amides is 1. The van der Waals surface area contributed by atoms with Gasteiger partial charge in [-0.2, -0.15) is 0 Å². The number of hydrogen-bond acceptors (Lipinski definition) is 6. The van der Waals surface area contributed by atoms with Crippen molar-refractivity contribution in [3.63, 3.8) is 0 Å². The molecule has 10 nitrogen and oxygen atoms in total. The second kappa shape index (κ2) is 10.8. The molecule has 0 saturated heterocycles. The zero-order chi connectivity index (χ0) is 24.8. The van der Waals surface area contributed by atoms with Gasteiger partial charge in [0.05, 0.1) is 6.54 Å². The van der Waals surface area contributed by atoms with Crippen LogP contribution < -0.4 is 27.4 Å². The Balaban J connectivity index is 1.96. The maximum Gasteiger partial charge on any atom is 0.330 e. The lowest BCUT2D eigenvalue weighted by Crippen LogP contribution is -2.42. The first-order valence-electron chi connectivity index (χ1n) is 11.3. The van der Waals surface area contributed by atoms with Gasteiger partial charge in [-0.3, -0.25) is 23.9 Å². The normalized spacial score (nSPS) is 10.9. The minimum Gasteiger partial charge on any atom is -0.383 e. The molecule has 1 aromatic carbocycles. The monoisotopic (exact) mass is 466 g/mol. The van der Waals surface area contributed by atoms with Crippen LogP contribution in [-0.2, 0) is 17.8 Å². The van der Waals surface area contributed by atoms with Crippen molar-refractivity contribution in [3.05, 3.63) is 84.2 Å². The Morgan fingerprint density at radius 2 is 1.79 bits per heavy atom. The summed E-state index contributed by atoms with van der Waals surface area (Å²) in [7, 11) is 0. The summed E-state index contributed by atoms with van der Waals surface area (Å²) >= 11 is 0. The third-order valence-corrected chi connectivity index (χ3v) is 5.63. The van der Waals surface area contributed by atoms with E-state index in [1.54, 1.807) is 13.8 Å². The Labute approximate surface area is 196 Å². The van der Waals surface area contributed by atoms with Crippen molar-refractivity contribution in [3.8, 4) is 0 Å². The minimum atomic E-state index is -0.720. The SMILES string of the molecule is CCCCN(C(=O)CCc1c(C)nc(C)[nH]c1=O)c1c(N)n(Cc2ccccc2)c(=O)[nH]c1=O. The molecule has 0 saturated carbocycles. The number of aromatic amines is 2. The Hall–Kier alpha value is -3.95. The fourth-order valence-electron chi connectivity index (χ4n) is 3.85. The van der Waals surface area contributed by atoms with Gasteiger partial charge in [-0.1, -0.05) is 43.7 Å². The number of carbonyl (C=O) groups is 1. The molecule has 0 fully saturated rings. The molecule has 0 aliphatic rings. The van der Waals surface area contributed by atoms with Crippen molar-refractivity contribution in [2.24, 2.45) is 0 Å². The summed E-state index contributed by atoms with van der Waals surface area (Å²) < 4.78 is 1.25. The number of rotatable bonds is 9. The molecule has 180 valence electrons. The predicted molar refractivity (Wildman–Crippen MR) is 131 cm³/mol. The summed E-state index contributed by atoms with van der Waals surface area (Å²) in [5, 5.41) is 0. The second-order valence-electron chi connectivity index (χ2n) is 8.18. The molecule has 1 amide bonds. The van der Waals surface area contributed by atoms with E-state index < -0.39 is 11.2 Å². The summed E-state index contributed by atoms with van der Waals surface area (Å²) in [5.74, 6) is 0.0603. The predicted octanol–water partition coefficient (Wildman–Crippen LogP) is 1.63. The Morgan fingerprint density at radius 3 is 2.44 bits per heavy atom. The van der Waals surface area contributed by atoms with Crippen molar-refractivity contribution in [1.29, 1.82) is 0 Å². The van der Waals surface area contributed by atoms with Crippen LogP contribution in [0.3, 0.4) is 0 Å². The number of nitrogens with two attached hydrogens (primary N) is 1. The molecule has 0 aliphatic carbocycles. The first kappa shape index (κ1) is 24.7. The third kappa shape index (κ3) is 5.51. The van der Waals surface area contributed by atoms with Gasteiger partial charge in [0, 0.05) is 24.2 Å². The largest absolute Gasteiger partial charge is 0.383 e. The molecule has 34 heavy (non-hydrogen) atoms. The van der Waals surface area contributed by atoms with Crippen molar-refractivity contribution in [1.82, 2.24) is 19.5 Å². The lowest BCUT2D eigenvalue weighted by atomic mass is 10.1. The molecule has 10 heteroatoms. The van der Waals surface area contributed by atoms with Gasteiger partial charge in [-0.25, -0.2) is 9.78 Å². The number of carbonyl (C=O) groups excluding carboxylic acids is 1. The van der Waals surface area contributed by atoms with Crippen LogP contribution in [0.2, 0.25) is 0 Å². The first-order chi connectivity index (χ1) is 16.2. The highest BCUT2D eigenvalue weighted by atomic mass is 16.2. The average Bonchev–Trinajstić information content (AvgIpc) is 2.78.